The third-order valence-electron chi connectivity index (χ3n) is 4.30. The molecule has 25 heavy (non-hydrogen) atoms. The molecule has 0 aliphatic heterocycles. The van der Waals surface area contributed by atoms with Crippen LogP contribution in [0.3, 0.4) is 0 Å². The van der Waals surface area contributed by atoms with Gasteiger partial charge in [0.15, 0.2) is 5.58 Å². The zero-order valence-electron chi connectivity index (χ0n) is 14.1. The van der Waals surface area contributed by atoms with Crippen LogP contribution in [0.5, 0.6) is 0 Å². The van der Waals surface area contributed by atoms with E-state index >= 15 is 0 Å². The highest BCUT2D eigenvalue weighted by Gasteiger charge is 2.11. The number of oxazole rings is 1. The summed E-state index contributed by atoms with van der Waals surface area (Å²) in [5.74, 6) is 0.663. The SMILES string of the molecule is CCc1ccc(-c2nc3ccccc3o2)c(C=Cc2ccccc2)c1. The molecule has 0 radical (unpaired) electrons. The fraction of sp³-hybridized carbons (Fsp3) is 0.0870. The zero-order chi connectivity index (χ0) is 17.1. The molecule has 2 heteroatoms. The summed E-state index contributed by atoms with van der Waals surface area (Å²) in [6, 6.07) is 24.6. The highest BCUT2D eigenvalue weighted by Crippen LogP contribution is 2.29. The molecule has 0 saturated heterocycles. The van der Waals surface area contributed by atoms with Crippen molar-refractivity contribution in [1.29, 1.82) is 0 Å². The van der Waals surface area contributed by atoms with Crippen molar-refractivity contribution in [3.63, 3.8) is 0 Å². The van der Waals surface area contributed by atoms with Crippen LogP contribution in [0.25, 0.3) is 34.7 Å². The molecule has 3 aromatic carbocycles. The van der Waals surface area contributed by atoms with Crippen LogP contribution < -0.4 is 0 Å². The van der Waals surface area contributed by atoms with Crippen LogP contribution in [0.15, 0.2) is 77.2 Å². The van der Waals surface area contributed by atoms with Crippen LogP contribution in [0.2, 0.25) is 0 Å². The van der Waals surface area contributed by atoms with Crippen molar-refractivity contribution in [1.82, 2.24) is 4.98 Å². The zero-order valence-corrected chi connectivity index (χ0v) is 14.1. The van der Waals surface area contributed by atoms with Crippen LogP contribution in [0.4, 0.5) is 0 Å². The molecule has 0 N–H and O–H groups in total. The predicted octanol–water partition coefficient (Wildman–Crippen LogP) is 6.23. The normalized spacial score (nSPS) is 11.4. The van der Waals surface area contributed by atoms with E-state index in [1.165, 1.54) is 11.1 Å². The highest BCUT2D eigenvalue weighted by molar-refractivity contribution is 5.82. The third-order valence-corrected chi connectivity index (χ3v) is 4.30. The lowest BCUT2D eigenvalue weighted by molar-refractivity contribution is 0.619. The molecular formula is C23H19NO. The lowest BCUT2D eigenvalue weighted by Gasteiger charge is -2.05. The number of rotatable bonds is 4. The van der Waals surface area contributed by atoms with E-state index in [0.717, 1.165) is 28.6 Å². The summed E-state index contributed by atoms with van der Waals surface area (Å²) in [6.07, 6.45) is 5.26. The average Bonchev–Trinajstić information content (AvgIpc) is 3.11. The first-order chi connectivity index (χ1) is 12.3. The third kappa shape index (κ3) is 3.24. The first-order valence-electron chi connectivity index (χ1n) is 8.55. The van der Waals surface area contributed by atoms with Crippen molar-refractivity contribution < 1.29 is 4.42 Å². The van der Waals surface area contributed by atoms with Gasteiger partial charge in [-0.25, -0.2) is 4.98 Å². The number of para-hydroxylation sites is 2. The van der Waals surface area contributed by atoms with E-state index in [-0.39, 0.29) is 0 Å². The van der Waals surface area contributed by atoms with E-state index in [1.54, 1.807) is 0 Å². The Kier molecular flexibility index (Phi) is 4.17. The Bertz CT molecular complexity index is 995. The maximum Gasteiger partial charge on any atom is 0.227 e. The minimum atomic E-state index is 0.663. The van der Waals surface area contributed by atoms with Crippen molar-refractivity contribution in [3.8, 4) is 11.5 Å². The molecule has 122 valence electrons. The minimum Gasteiger partial charge on any atom is -0.436 e. The maximum atomic E-state index is 5.98. The number of aryl methyl sites for hydroxylation is 1. The molecule has 0 aliphatic rings. The van der Waals surface area contributed by atoms with Crippen molar-refractivity contribution in [2.45, 2.75) is 13.3 Å². The summed E-state index contributed by atoms with van der Waals surface area (Å²) in [4.78, 5) is 4.65. The van der Waals surface area contributed by atoms with Crippen molar-refractivity contribution in [2.75, 3.05) is 0 Å². The van der Waals surface area contributed by atoms with Gasteiger partial charge in [0.2, 0.25) is 5.89 Å². The van der Waals surface area contributed by atoms with E-state index in [9.17, 15) is 0 Å². The van der Waals surface area contributed by atoms with Gasteiger partial charge >= 0.3 is 0 Å². The molecule has 0 fully saturated rings. The van der Waals surface area contributed by atoms with Crippen LogP contribution >= 0.6 is 0 Å². The van der Waals surface area contributed by atoms with E-state index in [2.05, 4.69) is 54.4 Å². The molecule has 4 aromatic rings. The Labute approximate surface area is 147 Å². The monoisotopic (exact) mass is 325 g/mol. The number of nitrogens with zero attached hydrogens (tertiary/aromatic N) is 1. The molecule has 0 atom stereocenters. The van der Waals surface area contributed by atoms with Gasteiger partial charge in [0.1, 0.15) is 5.52 Å². The average molecular weight is 325 g/mol. The van der Waals surface area contributed by atoms with Gasteiger partial charge in [-0.3, -0.25) is 0 Å². The molecule has 0 saturated carbocycles. The number of fused-ring (bicyclic) bond motifs is 1. The Morgan fingerprint density at radius 2 is 1.68 bits per heavy atom. The first-order valence-corrected chi connectivity index (χ1v) is 8.55. The fourth-order valence-electron chi connectivity index (χ4n) is 2.90. The van der Waals surface area contributed by atoms with Gasteiger partial charge in [-0.1, -0.05) is 73.7 Å². The molecule has 0 amide bonds. The van der Waals surface area contributed by atoms with Gasteiger partial charge in [-0.2, -0.15) is 0 Å². The minimum absolute atomic E-state index is 0.663. The van der Waals surface area contributed by atoms with Gasteiger partial charge in [-0.15, -0.1) is 0 Å². The lowest BCUT2D eigenvalue weighted by Crippen LogP contribution is -1.87. The largest absolute Gasteiger partial charge is 0.436 e. The molecule has 1 heterocycles. The summed E-state index contributed by atoms with van der Waals surface area (Å²) in [5.41, 5.74) is 6.31. The molecule has 0 spiro atoms. The topological polar surface area (TPSA) is 26.0 Å². The Morgan fingerprint density at radius 3 is 2.48 bits per heavy atom. The van der Waals surface area contributed by atoms with Gasteiger partial charge in [-0.05, 0) is 41.3 Å². The van der Waals surface area contributed by atoms with Crippen LogP contribution in [-0.4, -0.2) is 4.98 Å². The Balaban J connectivity index is 1.80. The van der Waals surface area contributed by atoms with Gasteiger partial charge < -0.3 is 4.42 Å². The lowest BCUT2D eigenvalue weighted by atomic mass is 10.0. The molecule has 4 rings (SSSR count). The van der Waals surface area contributed by atoms with E-state index < -0.39 is 0 Å². The standard InChI is InChI=1S/C23H19NO/c1-2-17-13-15-20(23-24-21-10-6-7-11-22(21)25-23)19(16-17)14-12-18-8-4-3-5-9-18/h3-16H,2H2,1H3. The summed E-state index contributed by atoms with van der Waals surface area (Å²) in [5, 5.41) is 0. The van der Waals surface area contributed by atoms with E-state index in [4.69, 9.17) is 4.42 Å². The molecule has 0 unspecified atom stereocenters. The van der Waals surface area contributed by atoms with Gasteiger partial charge in [0, 0.05) is 5.56 Å². The maximum absolute atomic E-state index is 5.98. The van der Waals surface area contributed by atoms with Gasteiger partial charge in [0.05, 0.1) is 0 Å². The van der Waals surface area contributed by atoms with Crippen molar-refractivity contribution in [2.24, 2.45) is 0 Å². The van der Waals surface area contributed by atoms with Crippen LogP contribution in [0, 0.1) is 0 Å². The van der Waals surface area contributed by atoms with Gasteiger partial charge in [0.25, 0.3) is 0 Å². The first kappa shape index (κ1) is 15.4. The number of benzene rings is 3. The smallest absolute Gasteiger partial charge is 0.227 e. The predicted molar refractivity (Wildman–Crippen MR) is 104 cm³/mol. The number of aromatic nitrogens is 1. The van der Waals surface area contributed by atoms with Crippen molar-refractivity contribution in [3.05, 3.63) is 89.5 Å². The number of hydrogen-bond donors (Lipinski definition) is 0. The van der Waals surface area contributed by atoms with Crippen LogP contribution in [-0.2, 0) is 6.42 Å². The summed E-state index contributed by atoms with van der Waals surface area (Å²) in [7, 11) is 0. The summed E-state index contributed by atoms with van der Waals surface area (Å²) < 4.78 is 5.98. The highest BCUT2D eigenvalue weighted by atomic mass is 16.3. The van der Waals surface area contributed by atoms with E-state index in [0.29, 0.717) is 5.89 Å². The second kappa shape index (κ2) is 6.78. The molecule has 0 bridgehead atoms. The molecule has 1 aromatic heterocycles. The quantitative estimate of drug-likeness (QED) is 0.416. The molecular weight excluding hydrogens is 306 g/mol. The van der Waals surface area contributed by atoms with Crippen LogP contribution in [0.1, 0.15) is 23.6 Å². The fourth-order valence-corrected chi connectivity index (χ4v) is 2.90. The Morgan fingerprint density at radius 1 is 0.880 bits per heavy atom. The molecule has 2 nitrogen and oxygen atoms in total. The number of hydrogen-bond acceptors (Lipinski definition) is 2. The van der Waals surface area contributed by atoms with E-state index in [1.807, 2.05) is 42.5 Å². The second-order valence-corrected chi connectivity index (χ2v) is 6.01. The second-order valence-electron chi connectivity index (χ2n) is 6.01. The summed E-state index contributed by atoms with van der Waals surface area (Å²) >= 11 is 0. The summed E-state index contributed by atoms with van der Waals surface area (Å²) in [6.45, 7) is 2.17. The van der Waals surface area contributed by atoms with Crippen molar-refractivity contribution >= 4 is 23.3 Å². The molecule has 0 aliphatic carbocycles. The Hall–Kier alpha value is -3.13.